The Balaban J connectivity index is 1.60. The molecule has 2 aromatic rings. The number of sulfonamides is 1. The SMILES string of the molecule is CCCC1CCC([C@H]2CC(=NNS(=O)(=O)c3ccc(C)cc3)[C@H](c3ccc(OCC)c(F)c3F)CO2)CC1. The summed E-state index contributed by atoms with van der Waals surface area (Å²) in [6.45, 7) is 6.07. The Bertz CT molecular complexity index is 1230. The van der Waals surface area contributed by atoms with E-state index in [9.17, 15) is 12.8 Å². The number of rotatable bonds is 9. The first kappa shape index (κ1) is 28.5. The summed E-state index contributed by atoms with van der Waals surface area (Å²) in [5.74, 6) is -1.93. The van der Waals surface area contributed by atoms with E-state index < -0.39 is 27.6 Å². The van der Waals surface area contributed by atoms with Crippen molar-refractivity contribution in [2.75, 3.05) is 13.2 Å². The fourth-order valence-corrected chi connectivity index (χ4v) is 6.48. The molecule has 1 saturated heterocycles. The summed E-state index contributed by atoms with van der Waals surface area (Å²) in [5.41, 5.74) is 1.45. The molecule has 2 aromatic carbocycles. The van der Waals surface area contributed by atoms with E-state index in [4.69, 9.17) is 9.47 Å². The fraction of sp³-hybridized carbons (Fsp3) is 0.552. The van der Waals surface area contributed by atoms with E-state index in [1.165, 1.54) is 37.1 Å². The standard InChI is InChI=1S/C29H38F2N2O4S/c1-4-6-20-9-11-21(12-10-20)27-17-25(32-33-38(34,35)22-13-7-19(3)8-14-22)24(18-37-27)23-15-16-26(36-5-2)29(31)28(23)30/h7-8,13-16,20-21,24,27,33H,4-6,9-12,17-18H2,1-3H3/t20?,21?,24-,27+/m0/s1. The van der Waals surface area contributed by atoms with Crippen LogP contribution in [0.4, 0.5) is 8.78 Å². The Kier molecular flexibility index (Phi) is 9.41. The van der Waals surface area contributed by atoms with Crippen LogP contribution in [0.1, 0.15) is 75.8 Å². The van der Waals surface area contributed by atoms with Crippen molar-refractivity contribution in [3.8, 4) is 5.75 Å². The summed E-state index contributed by atoms with van der Waals surface area (Å²) < 4.78 is 67.2. The summed E-state index contributed by atoms with van der Waals surface area (Å²) in [7, 11) is -3.94. The monoisotopic (exact) mass is 548 g/mol. The van der Waals surface area contributed by atoms with Gasteiger partial charge in [-0.1, -0.05) is 56.4 Å². The van der Waals surface area contributed by atoms with Crippen LogP contribution in [0.2, 0.25) is 0 Å². The number of halogens is 2. The van der Waals surface area contributed by atoms with Crippen molar-refractivity contribution in [1.82, 2.24) is 4.83 Å². The van der Waals surface area contributed by atoms with E-state index in [1.807, 2.05) is 6.92 Å². The zero-order valence-corrected chi connectivity index (χ0v) is 23.2. The van der Waals surface area contributed by atoms with Crippen LogP contribution in [0, 0.1) is 30.4 Å². The van der Waals surface area contributed by atoms with Gasteiger partial charge in [0.15, 0.2) is 11.6 Å². The van der Waals surface area contributed by atoms with Gasteiger partial charge in [-0.05, 0) is 56.7 Å². The van der Waals surface area contributed by atoms with Gasteiger partial charge in [-0.2, -0.15) is 17.9 Å². The van der Waals surface area contributed by atoms with E-state index in [-0.39, 0.29) is 35.5 Å². The van der Waals surface area contributed by atoms with Crippen LogP contribution >= 0.6 is 0 Å². The first-order valence-corrected chi connectivity index (χ1v) is 15.1. The average molecular weight is 549 g/mol. The second-order valence-corrected chi connectivity index (χ2v) is 12.1. The molecule has 0 amide bonds. The van der Waals surface area contributed by atoms with E-state index in [1.54, 1.807) is 19.1 Å². The summed E-state index contributed by atoms with van der Waals surface area (Å²) in [5, 5.41) is 4.31. The highest BCUT2D eigenvalue weighted by atomic mass is 32.2. The molecule has 9 heteroatoms. The summed E-state index contributed by atoms with van der Waals surface area (Å²) in [6, 6.07) is 9.31. The van der Waals surface area contributed by atoms with Crippen molar-refractivity contribution in [3.63, 3.8) is 0 Å². The number of hydrogen-bond acceptors (Lipinski definition) is 5. The molecule has 2 atom stereocenters. The van der Waals surface area contributed by atoms with Crippen LogP contribution in [0.25, 0.3) is 0 Å². The average Bonchev–Trinajstić information content (AvgIpc) is 2.91. The summed E-state index contributed by atoms with van der Waals surface area (Å²) in [4.78, 5) is 2.42. The molecule has 0 spiro atoms. The van der Waals surface area contributed by atoms with Gasteiger partial charge in [-0.15, -0.1) is 0 Å². The second-order valence-electron chi connectivity index (χ2n) is 10.4. The molecule has 208 valence electrons. The van der Waals surface area contributed by atoms with Crippen molar-refractivity contribution in [2.45, 2.75) is 82.6 Å². The molecule has 0 unspecified atom stereocenters. The molecule has 1 N–H and O–H groups in total. The van der Waals surface area contributed by atoms with Crippen LogP contribution in [0.5, 0.6) is 5.75 Å². The molecule has 0 radical (unpaired) electrons. The third kappa shape index (κ3) is 6.54. The predicted octanol–water partition coefficient (Wildman–Crippen LogP) is 6.49. The number of hydrogen-bond donors (Lipinski definition) is 1. The number of aryl methyl sites for hydroxylation is 1. The molecule has 38 heavy (non-hydrogen) atoms. The Hall–Kier alpha value is -2.52. The van der Waals surface area contributed by atoms with Gasteiger partial charge in [0.1, 0.15) is 0 Å². The maximum Gasteiger partial charge on any atom is 0.276 e. The number of nitrogens with one attached hydrogen (secondary N) is 1. The topological polar surface area (TPSA) is 77.0 Å². The Morgan fingerprint density at radius 2 is 1.74 bits per heavy atom. The van der Waals surface area contributed by atoms with Gasteiger partial charge >= 0.3 is 0 Å². The van der Waals surface area contributed by atoms with E-state index in [0.29, 0.717) is 18.1 Å². The molecule has 6 nitrogen and oxygen atoms in total. The first-order chi connectivity index (χ1) is 18.2. The third-order valence-electron chi connectivity index (χ3n) is 7.80. The van der Waals surface area contributed by atoms with Crippen LogP contribution in [0.15, 0.2) is 46.4 Å². The maximum atomic E-state index is 15.2. The lowest BCUT2D eigenvalue weighted by molar-refractivity contribution is -0.0135. The number of benzene rings is 2. The minimum atomic E-state index is -3.94. The largest absolute Gasteiger partial charge is 0.491 e. The molecule has 2 fully saturated rings. The van der Waals surface area contributed by atoms with Crippen molar-refractivity contribution in [3.05, 3.63) is 59.2 Å². The smallest absolute Gasteiger partial charge is 0.276 e. The van der Waals surface area contributed by atoms with Gasteiger partial charge in [0, 0.05) is 12.0 Å². The van der Waals surface area contributed by atoms with Crippen LogP contribution in [-0.4, -0.2) is 33.4 Å². The lowest BCUT2D eigenvalue weighted by Crippen LogP contribution is -2.40. The summed E-state index contributed by atoms with van der Waals surface area (Å²) in [6.07, 6.45) is 6.98. The van der Waals surface area contributed by atoms with Gasteiger partial charge in [0.05, 0.1) is 35.8 Å². The van der Waals surface area contributed by atoms with Gasteiger partial charge < -0.3 is 9.47 Å². The molecule has 4 rings (SSSR count). The van der Waals surface area contributed by atoms with Crippen molar-refractivity contribution < 1.29 is 26.7 Å². The highest BCUT2D eigenvalue weighted by molar-refractivity contribution is 7.89. The van der Waals surface area contributed by atoms with Gasteiger partial charge in [0.2, 0.25) is 5.82 Å². The van der Waals surface area contributed by atoms with Crippen LogP contribution < -0.4 is 9.57 Å². The minimum absolute atomic E-state index is 0.0735. The Morgan fingerprint density at radius 3 is 2.39 bits per heavy atom. The van der Waals surface area contributed by atoms with Gasteiger partial charge in [0.25, 0.3) is 10.0 Å². The quantitative estimate of drug-likeness (QED) is 0.364. The molecule has 1 heterocycles. The van der Waals surface area contributed by atoms with E-state index >= 15 is 4.39 Å². The molecule has 1 aliphatic heterocycles. The third-order valence-corrected chi connectivity index (χ3v) is 9.02. The van der Waals surface area contributed by atoms with Crippen LogP contribution in [0.3, 0.4) is 0 Å². The zero-order chi connectivity index (χ0) is 27.3. The molecule has 2 aliphatic rings. The highest BCUT2D eigenvalue weighted by Crippen LogP contribution is 2.39. The van der Waals surface area contributed by atoms with Crippen molar-refractivity contribution in [2.24, 2.45) is 16.9 Å². The minimum Gasteiger partial charge on any atom is -0.491 e. The molecule has 0 aromatic heterocycles. The Labute approximate surface area is 224 Å². The first-order valence-electron chi connectivity index (χ1n) is 13.6. The lowest BCUT2D eigenvalue weighted by atomic mass is 9.75. The van der Waals surface area contributed by atoms with Crippen molar-refractivity contribution >= 4 is 15.7 Å². The fourth-order valence-electron chi connectivity index (χ4n) is 5.65. The molecule has 1 saturated carbocycles. The number of hydrazone groups is 1. The Morgan fingerprint density at radius 1 is 1.03 bits per heavy atom. The number of nitrogens with zero attached hydrogens (tertiary/aromatic N) is 1. The van der Waals surface area contributed by atoms with Crippen LogP contribution in [-0.2, 0) is 14.8 Å². The normalized spacial score (nSPS) is 25.3. The second kappa shape index (κ2) is 12.6. The van der Waals surface area contributed by atoms with E-state index in [2.05, 4.69) is 16.9 Å². The highest BCUT2D eigenvalue weighted by Gasteiger charge is 2.37. The number of ether oxygens (including phenoxy) is 2. The molecule has 1 aliphatic carbocycles. The predicted molar refractivity (Wildman–Crippen MR) is 144 cm³/mol. The lowest BCUT2D eigenvalue weighted by Gasteiger charge is -2.38. The van der Waals surface area contributed by atoms with Gasteiger partial charge in [-0.3, -0.25) is 0 Å². The van der Waals surface area contributed by atoms with E-state index in [0.717, 1.165) is 37.2 Å². The molecular formula is C29H38F2N2O4S. The van der Waals surface area contributed by atoms with Crippen molar-refractivity contribution in [1.29, 1.82) is 0 Å². The van der Waals surface area contributed by atoms with Gasteiger partial charge in [-0.25, -0.2) is 9.22 Å². The molecular weight excluding hydrogens is 510 g/mol. The maximum absolute atomic E-state index is 15.2. The zero-order valence-electron chi connectivity index (χ0n) is 22.4. The molecule has 0 bridgehead atoms. The summed E-state index contributed by atoms with van der Waals surface area (Å²) >= 11 is 0.